The number of benzene rings is 2. The molecule has 2 amide bonds. The number of esters is 1. The normalized spacial score (nSPS) is 25.1. The van der Waals surface area contributed by atoms with Gasteiger partial charge in [-0.1, -0.05) is 60.7 Å². The molecule has 6 rings (SSSR count). The zero-order chi connectivity index (χ0) is 32.1. The van der Waals surface area contributed by atoms with Gasteiger partial charge >= 0.3 is 5.97 Å². The van der Waals surface area contributed by atoms with Crippen LogP contribution in [-0.2, 0) is 41.7 Å². The molecule has 46 heavy (non-hydrogen) atoms. The Morgan fingerprint density at radius 1 is 0.978 bits per heavy atom. The van der Waals surface area contributed by atoms with Crippen molar-refractivity contribution in [3.8, 4) is 0 Å². The van der Waals surface area contributed by atoms with Crippen LogP contribution >= 0.6 is 0 Å². The Balaban J connectivity index is 1.23. The van der Waals surface area contributed by atoms with Crippen molar-refractivity contribution in [1.29, 1.82) is 0 Å². The zero-order valence-corrected chi connectivity index (χ0v) is 26.5. The molecular weight excluding hydrogens is 584 g/mol. The fourth-order valence-corrected chi connectivity index (χ4v) is 7.27. The van der Waals surface area contributed by atoms with Crippen molar-refractivity contribution in [2.75, 3.05) is 26.8 Å². The molecule has 3 aromatic rings. The number of likely N-dealkylation sites (tertiary alicyclic amines) is 2. The van der Waals surface area contributed by atoms with Gasteiger partial charge < -0.3 is 28.4 Å². The summed E-state index contributed by atoms with van der Waals surface area (Å²) in [5, 5.41) is 0. The number of carbonyl (C=O) groups excluding carboxylic acids is 3. The Labute approximate surface area is 270 Å². The van der Waals surface area contributed by atoms with E-state index in [0.717, 1.165) is 18.4 Å². The molecule has 2 saturated heterocycles. The SMILES string of the molecule is COC(=O)[C@@]12C[C@H](CC(=O)N3CCC(c4ccccc4)CC3)C(=O)N(Cc3ccco3)C1=C[C@@H](COCc1ccccc1)O[C@H]2C. The van der Waals surface area contributed by atoms with Crippen LogP contribution in [-0.4, -0.2) is 66.6 Å². The molecule has 0 saturated carbocycles. The molecule has 0 aliphatic carbocycles. The maximum Gasteiger partial charge on any atom is 0.320 e. The van der Waals surface area contributed by atoms with Gasteiger partial charge in [-0.2, -0.15) is 0 Å². The van der Waals surface area contributed by atoms with Gasteiger partial charge in [0.05, 0.1) is 39.2 Å². The molecule has 1 aromatic heterocycles. The van der Waals surface area contributed by atoms with Gasteiger partial charge in [-0.15, -0.1) is 0 Å². The van der Waals surface area contributed by atoms with Gasteiger partial charge in [-0.3, -0.25) is 14.4 Å². The molecular formula is C37H42N2O7. The van der Waals surface area contributed by atoms with Gasteiger partial charge in [0.2, 0.25) is 11.8 Å². The lowest BCUT2D eigenvalue weighted by Gasteiger charge is -2.51. The summed E-state index contributed by atoms with van der Waals surface area (Å²) < 4.78 is 23.4. The summed E-state index contributed by atoms with van der Waals surface area (Å²) in [6.45, 7) is 3.86. The van der Waals surface area contributed by atoms with E-state index in [9.17, 15) is 14.4 Å². The van der Waals surface area contributed by atoms with E-state index in [-0.39, 0.29) is 37.8 Å². The summed E-state index contributed by atoms with van der Waals surface area (Å²) in [7, 11) is 1.35. The Kier molecular flexibility index (Phi) is 9.70. The number of rotatable bonds is 10. The van der Waals surface area contributed by atoms with Crippen LogP contribution in [0.3, 0.4) is 0 Å². The van der Waals surface area contributed by atoms with Crippen LogP contribution in [0.2, 0.25) is 0 Å². The van der Waals surface area contributed by atoms with Crippen LogP contribution in [0, 0.1) is 11.3 Å². The Morgan fingerprint density at radius 3 is 2.37 bits per heavy atom. The highest BCUT2D eigenvalue weighted by atomic mass is 16.6. The zero-order valence-electron chi connectivity index (χ0n) is 26.5. The number of carbonyl (C=O) groups is 3. The van der Waals surface area contributed by atoms with Crippen molar-refractivity contribution in [3.05, 3.63) is 108 Å². The Hall–Kier alpha value is -4.21. The van der Waals surface area contributed by atoms with Gasteiger partial charge in [0.1, 0.15) is 17.3 Å². The number of nitrogens with zero attached hydrogens (tertiary/aromatic N) is 2. The van der Waals surface area contributed by atoms with Crippen molar-refractivity contribution in [2.45, 2.75) is 63.9 Å². The number of fused-ring (bicyclic) bond motifs is 1. The van der Waals surface area contributed by atoms with E-state index in [2.05, 4.69) is 12.1 Å². The first-order chi connectivity index (χ1) is 22.4. The van der Waals surface area contributed by atoms with E-state index < -0.39 is 29.5 Å². The lowest BCUT2D eigenvalue weighted by molar-refractivity contribution is -0.178. The van der Waals surface area contributed by atoms with Gasteiger partial charge in [0, 0.05) is 31.1 Å². The highest BCUT2D eigenvalue weighted by Crippen LogP contribution is 2.51. The first kappa shape index (κ1) is 31.8. The molecule has 9 heteroatoms. The lowest BCUT2D eigenvalue weighted by atomic mass is 9.66. The monoisotopic (exact) mass is 626 g/mol. The highest BCUT2D eigenvalue weighted by molar-refractivity contribution is 5.92. The van der Waals surface area contributed by atoms with Crippen molar-refractivity contribution in [3.63, 3.8) is 0 Å². The first-order valence-electron chi connectivity index (χ1n) is 16.1. The number of furan rings is 1. The largest absolute Gasteiger partial charge is 0.468 e. The lowest BCUT2D eigenvalue weighted by Crippen LogP contribution is -2.60. The molecule has 2 aromatic carbocycles. The van der Waals surface area contributed by atoms with Crippen LogP contribution in [0.15, 0.2) is 95.2 Å². The predicted molar refractivity (Wildman–Crippen MR) is 170 cm³/mol. The van der Waals surface area contributed by atoms with Gasteiger partial charge in [0.15, 0.2) is 0 Å². The second-order valence-electron chi connectivity index (χ2n) is 12.5. The van der Waals surface area contributed by atoms with Gasteiger partial charge in [-0.05, 0) is 61.4 Å². The first-order valence-corrected chi connectivity index (χ1v) is 16.1. The minimum atomic E-state index is -1.28. The number of hydrogen-bond donors (Lipinski definition) is 0. The van der Waals surface area contributed by atoms with Gasteiger partial charge in [0.25, 0.3) is 0 Å². The molecule has 242 valence electrons. The quantitative estimate of drug-likeness (QED) is 0.275. The minimum Gasteiger partial charge on any atom is -0.468 e. The van der Waals surface area contributed by atoms with E-state index in [1.807, 2.05) is 66.4 Å². The third kappa shape index (κ3) is 6.52. The molecule has 2 fully saturated rings. The second kappa shape index (κ2) is 14.1. The second-order valence-corrected chi connectivity index (χ2v) is 12.5. The van der Waals surface area contributed by atoms with E-state index >= 15 is 0 Å². The molecule has 0 N–H and O–H groups in total. The molecule has 4 atom stereocenters. The number of methoxy groups -OCH3 is 1. The average Bonchev–Trinajstić information content (AvgIpc) is 3.61. The van der Waals surface area contributed by atoms with Crippen LogP contribution in [0.1, 0.15) is 55.4 Å². The number of amides is 2. The molecule has 0 bridgehead atoms. The number of ether oxygens (including phenoxy) is 3. The van der Waals surface area contributed by atoms with Crippen molar-refractivity contribution in [1.82, 2.24) is 9.80 Å². The average molecular weight is 627 g/mol. The summed E-state index contributed by atoms with van der Waals surface area (Å²) in [5.41, 5.74) is 1.56. The minimum absolute atomic E-state index is 0.00580. The maximum absolute atomic E-state index is 14.3. The Bertz CT molecular complexity index is 1520. The van der Waals surface area contributed by atoms with Crippen LogP contribution < -0.4 is 0 Å². The summed E-state index contributed by atoms with van der Waals surface area (Å²) in [6.07, 6.45) is 4.09. The molecule has 0 spiro atoms. The van der Waals surface area contributed by atoms with E-state index in [0.29, 0.717) is 37.1 Å². The van der Waals surface area contributed by atoms with Crippen molar-refractivity contribution in [2.24, 2.45) is 11.3 Å². The van der Waals surface area contributed by atoms with E-state index in [1.54, 1.807) is 23.3 Å². The standard InChI is InChI=1S/C37H42N2O7/c1-26-37(36(42)43-2)22-30(20-34(40)38-17-15-29(16-18-38)28-12-7-4-8-13-28)35(41)39(23-31-14-9-19-45-31)33(37)21-32(46-26)25-44-24-27-10-5-3-6-11-27/h3-14,19,21,26,29-30,32H,15-18,20,22-25H2,1-2H3/t26-,30-,32-,37+/m0/s1. The molecule has 4 heterocycles. The van der Waals surface area contributed by atoms with Crippen molar-refractivity contribution >= 4 is 17.8 Å². The summed E-state index contributed by atoms with van der Waals surface area (Å²) >= 11 is 0. The van der Waals surface area contributed by atoms with Crippen LogP contribution in [0.5, 0.6) is 0 Å². The molecule has 0 unspecified atom stereocenters. The van der Waals surface area contributed by atoms with Gasteiger partial charge in [-0.25, -0.2) is 0 Å². The molecule has 3 aliphatic heterocycles. The molecule has 3 aliphatic rings. The molecule has 0 radical (unpaired) electrons. The summed E-state index contributed by atoms with van der Waals surface area (Å²) in [4.78, 5) is 45.2. The maximum atomic E-state index is 14.3. The smallest absolute Gasteiger partial charge is 0.320 e. The Morgan fingerprint density at radius 2 is 1.70 bits per heavy atom. The molecule has 9 nitrogen and oxygen atoms in total. The predicted octanol–water partition coefficient (Wildman–Crippen LogP) is 5.47. The fraction of sp³-hybridized carbons (Fsp3) is 0.432. The number of piperidine rings is 2. The van der Waals surface area contributed by atoms with Crippen LogP contribution in [0.25, 0.3) is 0 Å². The fourth-order valence-electron chi connectivity index (χ4n) is 7.27. The van der Waals surface area contributed by atoms with Crippen molar-refractivity contribution < 1.29 is 33.0 Å². The highest BCUT2D eigenvalue weighted by Gasteiger charge is 2.59. The summed E-state index contributed by atoms with van der Waals surface area (Å²) in [6, 6.07) is 23.8. The third-order valence-electron chi connectivity index (χ3n) is 9.73. The van der Waals surface area contributed by atoms with Crippen LogP contribution in [0.4, 0.5) is 0 Å². The third-order valence-corrected chi connectivity index (χ3v) is 9.73. The summed E-state index contributed by atoms with van der Waals surface area (Å²) in [5.74, 6) is -0.542. The number of hydrogen-bond acceptors (Lipinski definition) is 7. The van der Waals surface area contributed by atoms with E-state index in [1.165, 1.54) is 12.7 Å². The topological polar surface area (TPSA) is 98.5 Å². The van der Waals surface area contributed by atoms with E-state index in [4.69, 9.17) is 18.6 Å².